The molecular formula is C17H19ClFN3O5. The summed E-state index contributed by atoms with van der Waals surface area (Å²) in [6.45, 7) is 0.0231. The second kappa shape index (κ2) is 8.94. The van der Waals surface area contributed by atoms with Crippen molar-refractivity contribution >= 4 is 29.3 Å². The van der Waals surface area contributed by atoms with Crippen LogP contribution in [0.3, 0.4) is 0 Å². The second-order valence-electron chi connectivity index (χ2n) is 6.05. The smallest absolute Gasteiger partial charge is 0.251 e. The van der Waals surface area contributed by atoms with E-state index in [-0.39, 0.29) is 35.5 Å². The lowest BCUT2D eigenvalue weighted by Crippen LogP contribution is -2.51. The molecular weight excluding hydrogens is 381 g/mol. The molecule has 0 radical (unpaired) electrons. The van der Waals surface area contributed by atoms with E-state index in [0.29, 0.717) is 0 Å². The molecule has 2 rings (SSSR count). The normalized spacial score (nSPS) is 21.9. The highest BCUT2D eigenvalue weighted by Gasteiger charge is 2.33. The van der Waals surface area contributed by atoms with Gasteiger partial charge in [0.15, 0.2) is 0 Å². The van der Waals surface area contributed by atoms with Crippen molar-refractivity contribution in [2.75, 3.05) is 6.54 Å². The van der Waals surface area contributed by atoms with Crippen LogP contribution in [0, 0.1) is 5.82 Å². The van der Waals surface area contributed by atoms with Gasteiger partial charge in [0.05, 0.1) is 17.2 Å². The van der Waals surface area contributed by atoms with E-state index in [9.17, 15) is 29.0 Å². The first-order chi connectivity index (χ1) is 12.7. The van der Waals surface area contributed by atoms with Crippen molar-refractivity contribution in [2.24, 2.45) is 5.73 Å². The number of nitrogens with two attached hydrogens (primary N) is 1. The predicted molar refractivity (Wildman–Crippen MR) is 94.2 cm³/mol. The molecule has 1 aliphatic carbocycles. The van der Waals surface area contributed by atoms with Crippen molar-refractivity contribution in [3.05, 3.63) is 46.3 Å². The molecule has 0 saturated carbocycles. The summed E-state index contributed by atoms with van der Waals surface area (Å²) in [5.41, 5.74) is 5.18. The van der Waals surface area contributed by atoms with Gasteiger partial charge in [-0.15, -0.1) is 0 Å². The van der Waals surface area contributed by atoms with Crippen LogP contribution in [0.25, 0.3) is 0 Å². The van der Waals surface area contributed by atoms with Crippen molar-refractivity contribution in [3.63, 3.8) is 0 Å². The quantitative estimate of drug-likeness (QED) is 0.443. The van der Waals surface area contributed by atoms with Gasteiger partial charge in [-0.25, -0.2) is 4.39 Å². The molecule has 0 spiro atoms. The van der Waals surface area contributed by atoms with E-state index in [0.717, 1.165) is 12.1 Å². The maximum Gasteiger partial charge on any atom is 0.251 e. The van der Waals surface area contributed by atoms with Crippen molar-refractivity contribution in [3.8, 4) is 0 Å². The maximum absolute atomic E-state index is 13.2. The molecule has 146 valence electrons. The number of benzene rings is 1. The molecule has 0 aromatic heterocycles. The minimum atomic E-state index is -1.34. The Morgan fingerprint density at radius 1 is 1.26 bits per heavy atom. The number of aliphatic hydroxyl groups excluding tert-OH is 2. The summed E-state index contributed by atoms with van der Waals surface area (Å²) < 4.78 is 13.2. The van der Waals surface area contributed by atoms with Crippen molar-refractivity contribution in [2.45, 2.75) is 31.1 Å². The summed E-state index contributed by atoms with van der Waals surface area (Å²) in [6, 6.07) is 2.31. The number of carbonyl (C=O) groups excluding carboxylic acids is 3. The van der Waals surface area contributed by atoms with Crippen LogP contribution in [0.4, 0.5) is 4.39 Å². The van der Waals surface area contributed by atoms with E-state index < -0.39 is 41.8 Å². The third-order valence-electron chi connectivity index (χ3n) is 4.00. The fourth-order valence-corrected chi connectivity index (χ4v) is 2.73. The minimum absolute atomic E-state index is 0.0231. The van der Waals surface area contributed by atoms with Crippen LogP contribution in [0.15, 0.2) is 29.8 Å². The first kappa shape index (κ1) is 20.8. The molecule has 0 fully saturated rings. The van der Waals surface area contributed by atoms with E-state index in [4.69, 9.17) is 17.3 Å². The summed E-state index contributed by atoms with van der Waals surface area (Å²) in [5.74, 6) is -2.48. The Morgan fingerprint density at radius 3 is 2.59 bits per heavy atom. The number of amides is 3. The number of aliphatic hydroxyl groups is 2. The van der Waals surface area contributed by atoms with Gasteiger partial charge in [-0.2, -0.15) is 0 Å². The molecule has 0 bridgehead atoms. The fraction of sp³-hybridized carbons (Fsp3) is 0.353. The lowest BCUT2D eigenvalue weighted by atomic mass is 9.90. The van der Waals surface area contributed by atoms with Crippen molar-refractivity contribution in [1.29, 1.82) is 0 Å². The van der Waals surface area contributed by atoms with Gasteiger partial charge >= 0.3 is 0 Å². The zero-order valence-corrected chi connectivity index (χ0v) is 14.9. The number of nitrogens with one attached hydrogen (secondary N) is 2. The van der Waals surface area contributed by atoms with Crippen LogP contribution in [0.5, 0.6) is 0 Å². The average molecular weight is 400 g/mol. The molecule has 3 atom stereocenters. The standard InChI is InChI=1S/C17H19ClFN3O5/c18-10-5-8(1-2-11(10)19)17(27)22-12-6-9(7-13(23)15(12)25)16(26)21-4-3-14(20)24/h1-2,5-6,12-13,15,23,25H,3-4,7H2,(H2,20,24)(H,21,26)(H,22,27)/t12-,13-,15-/m1/s1. The third-order valence-corrected chi connectivity index (χ3v) is 4.29. The van der Waals surface area contributed by atoms with E-state index >= 15 is 0 Å². The lowest BCUT2D eigenvalue weighted by Gasteiger charge is -2.31. The lowest BCUT2D eigenvalue weighted by molar-refractivity contribution is -0.119. The maximum atomic E-state index is 13.2. The molecule has 10 heteroatoms. The Hall–Kier alpha value is -2.49. The van der Waals surface area contributed by atoms with Gasteiger partial charge in [-0.3, -0.25) is 14.4 Å². The number of hydrogen-bond donors (Lipinski definition) is 5. The first-order valence-corrected chi connectivity index (χ1v) is 8.46. The summed E-state index contributed by atoms with van der Waals surface area (Å²) in [7, 11) is 0. The van der Waals surface area contributed by atoms with E-state index in [1.54, 1.807) is 0 Å². The number of halogens is 2. The van der Waals surface area contributed by atoms with Gasteiger partial charge in [0.25, 0.3) is 5.91 Å². The fourth-order valence-electron chi connectivity index (χ4n) is 2.55. The molecule has 3 amide bonds. The van der Waals surface area contributed by atoms with Gasteiger partial charge in [0, 0.05) is 30.5 Å². The number of primary amides is 1. The molecule has 0 heterocycles. The Balaban J connectivity index is 2.10. The van der Waals surface area contributed by atoms with Crippen molar-refractivity contribution < 1.29 is 29.0 Å². The van der Waals surface area contributed by atoms with Crippen LogP contribution in [-0.2, 0) is 9.59 Å². The summed E-state index contributed by atoms with van der Waals surface area (Å²) >= 11 is 5.65. The van der Waals surface area contributed by atoms with Gasteiger partial charge in [-0.05, 0) is 18.2 Å². The molecule has 0 saturated heterocycles. The Morgan fingerprint density at radius 2 is 1.96 bits per heavy atom. The highest BCUT2D eigenvalue weighted by Crippen LogP contribution is 2.21. The SMILES string of the molecule is NC(=O)CCNC(=O)C1=C[C@@H](NC(=O)c2ccc(F)c(Cl)c2)[C@@H](O)[C@H](O)C1. The van der Waals surface area contributed by atoms with Crippen LogP contribution < -0.4 is 16.4 Å². The molecule has 0 unspecified atom stereocenters. The third kappa shape index (κ3) is 5.49. The van der Waals surface area contributed by atoms with Gasteiger partial charge in [-0.1, -0.05) is 17.7 Å². The number of rotatable bonds is 6. The topological polar surface area (TPSA) is 142 Å². The van der Waals surface area contributed by atoms with Gasteiger partial charge in [0.1, 0.15) is 11.9 Å². The Kier molecular flexibility index (Phi) is 6.89. The molecule has 0 aliphatic heterocycles. The monoisotopic (exact) mass is 399 g/mol. The number of hydrogen-bond acceptors (Lipinski definition) is 5. The van der Waals surface area contributed by atoms with E-state index in [2.05, 4.69) is 10.6 Å². The van der Waals surface area contributed by atoms with Crippen molar-refractivity contribution in [1.82, 2.24) is 10.6 Å². The molecule has 27 heavy (non-hydrogen) atoms. The zero-order chi connectivity index (χ0) is 20.1. The van der Waals surface area contributed by atoms with Crippen LogP contribution in [-0.4, -0.2) is 52.7 Å². The summed E-state index contributed by atoms with van der Waals surface area (Å²) in [4.78, 5) is 35.1. The summed E-state index contributed by atoms with van der Waals surface area (Å²) in [6.07, 6.45) is -1.48. The van der Waals surface area contributed by atoms with E-state index in [1.165, 1.54) is 12.1 Å². The van der Waals surface area contributed by atoms with Crippen LogP contribution in [0.2, 0.25) is 5.02 Å². The highest BCUT2D eigenvalue weighted by atomic mass is 35.5. The zero-order valence-electron chi connectivity index (χ0n) is 14.1. The van der Waals surface area contributed by atoms with Gasteiger partial charge in [0.2, 0.25) is 11.8 Å². The first-order valence-electron chi connectivity index (χ1n) is 8.08. The minimum Gasteiger partial charge on any atom is -0.390 e. The molecule has 1 aromatic carbocycles. The molecule has 8 nitrogen and oxygen atoms in total. The predicted octanol–water partition coefficient (Wildman–Crippen LogP) is -0.379. The van der Waals surface area contributed by atoms with Crippen LogP contribution in [0.1, 0.15) is 23.2 Å². The van der Waals surface area contributed by atoms with Gasteiger partial charge < -0.3 is 26.6 Å². The Bertz CT molecular complexity index is 786. The van der Waals surface area contributed by atoms with E-state index in [1.807, 2.05) is 0 Å². The molecule has 6 N–H and O–H groups in total. The average Bonchev–Trinajstić information content (AvgIpc) is 2.60. The highest BCUT2D eigenvalue weighted by molar-refractivity contribution is 6.31. The summed E-state index contributed by atoms with van der Waals surface area (Å²) in [5, 5.41) is 24.8. The Labute approximate surface area is 159 Å². The number of carbonyl (C=O) groups is 3. The molecule has 1 aromatic rings. The molecule has 1 aliphatic rings. The largest absolute Gasteiger partial charge is 0.390 e. The van der Waals surface area contributed by atoms with Crippen LogP contribution >= 0.6 is 11.6 Å². The second-order valence-corrected chi connectivity index (χ2v) is 6.46.